The molecule has 11 aromatic carbocycles. The Kier molecular flexibility index (Phi) is 10.1. The molecule has 0 radical (unpaired) electrons. The third-order valence-electron chi connectivity index (χ3n) is 16.6. The first-order valence-corrected chi connectivity index (χ1v) is 27.4. The number of aromatic nitrogens is 1. The Labute approximate surface area is 455 Å². The van der Waals surface area contributed by atoms with Crippen LogP contribution in [0, 0.1) is 0 Å². The summed E-state index contributed by atoms with van der Waals surface area (Å²) in [5.41, 5.74) is 21.6. The van der Waals surface area contributed by atoms with Crippen molar-refractivity contribution >= 4 is 129 Å². The summed E-state index contributed by atoms with van der Waals surface area (Å²) in [4.78, 5) is 7.48. The van der Waals surface area contributed by atoms with Crippen LogP contribution < -0.4 is 31.1 Å². The Morgan fingerprint density at radius 2 is 0.962 bits per heavy atom. The zero-order valence-electron chi connectivity index (χ0n) is 44.8. The molecule has 2 aliphatic rings. The van der Waals surface area contributed by atoms with Crippen molar-refractivity contribution in [3.8, 4) is 5.69 Å². The summed E-state index contributed by atoms with van der Waals surface area (Å²) >= 11 is 0. The normalized spacial score (nSPS) is 13.2. The SMILES string of the molecule is CC(C)(C)c1ccc(N2c3cc(N(c4ccc5ccccc5c4)c4cccc5c4oc4ccccc45)ccc3B3c4cc5c(cc4N(c4ccc(C(C)(C)C)cc4)c4cccc2c43)c2ccccc2n5-c2ccccc2)cc1. The fourth-order valence-electron chi connectivity index (χ4n) is 12.8. The summed E-state index contributed by atoms with van der Waals surface area (Å²) in [6, 6.07) is 87.9. The van der Waals surface area contributed by atoms with E-state index in [0.29, 0.717) is 0 Å². The van der Waals surface area contributed by atoms with E-state index in [0.717, 1.165) is 67.4 Å². The largest absolute Gasteiger partial charge is 0.454 e. The van der Waals surface area contributed by atoms with Gasteiger partial charge >= 0.3 is 0 Å². The Balaban J connectivity index is 1.03. The highest BCUT2D eigenvalue weighted by Crippen LogP contribution is 2.49. The Hall–Kier alpha value is -9.26. The van der Waals surface area contributed by atoms with Gasteiger partial charge in [0.15, 0.2) is 5.58 Å². The molecular weight excluding hydrogens is 948 g/mol. The lowest BCUT2D eigenvalue weighted by molar-refractivity contribution is 0.590. The third-order valence-corrected chi connectivity index (χ3v) is 16.6. The lowest BCUT2D eigenvalue weighted by Gasteiger charge is -2.44. The molecule has 0 saturated heterocycles. The van der Waals surface area contributed by atoms with E-state index < -0.39 is 0 Å². The van der Waals surface area contributed by atoms with Crippen LogP contribution in [-0.2, 0) is 10.8 Å². The Bertz CT molecular complexity index is 4540. The highest BCUT2D eigenvalue weighted by atomic mass is 16.3. The zero-order chi connectivity index (χ0) is 52.6. The van der Waals surface area contributed by atoms with E-state index in [1.807, 2.05) is 0 Å². The molecule has 4 heterocycles. The van der Waals surface area contributed by atoms with E-state index in [1.165, 1.54) is 71.5 Å². The minimum Gasteiger partial charge on any atom is -0.454 e. The number of benzene rings is 11. The predicted octanol–water partition coefficient (Wildman–Crippen LogP) is 18.0. The van der Waals surface area contributed by atoms with Gasteiger partial charge in [-0.05, 0) is 152 Å². The molecule has 2 aliphatic heterocycles. The number of nitrogens with zero attached hydrogens (tertiary/aromatic N) is 4. The van der Waals surface area contributed by atoms with Crippen LogP contribution >= 0.6 is 0 Å². The third kappa shape index (κ3) is 7.09. The second kappa shape index (κ2) is 17.1. The van der Waals surface area contributed by atoms with Crippen LogP contribution in [0.2, 0.25) is 0 Å². The summed E-state index contributed by atoms with van der Waals surface area (Å²) < 4.78 is 9.35. The molecule has 0 aliphatic carbocycles. The smallest absolute Gasteiger partial charge is 0.252 e. The molecule has 13 aromatic rings. The fourth-order valence-corrected chi connectivity index (χ4v) is 12.8. The summed E-state index contributed by atoms with van der Waals surface area (Å²) in [7, 11) is 0. The van der Waals surface area contributed by atoms with E-state index in [4.69, 9.17) is 4.42 Å². The maximum absolute atomic E-state index is 6.89. The van der Waals surface area contributed by atoms with Crippen molar-refractivity contribution in [2.75, 3.05) is 14.7 Å². The highest BCUT2D eigenvalue weighted by molar-refractivity contribution is 7.00. The standard InChI is InChI=1S/C72H57BN4O/c1-71(2,3)48-31-36-51(37-32-48)76-62-26-17-27-63-69(62)73(60-45-65-58(44-67(60)77(63)52-38-33-49(34-39-52)72(4,5)6)55-22-12-14-25-61(55)75(65)50-20-8-7-9-21-50)59-41-40-54(43-66(59)76)74(53-35-30-46-18-10-11-19-47(46)42-53)64-28-16-24-57-56-23-13-15-29-68(56)78-70(57)64/h7-45H,1-6H3. The first kappa shape index (κ1) is 46.1. The first-order valence-electron chi connectivity index (χ1n) is 27.4. The zero-order valence-corrected chi connectivity index (χ0v) is 44.8. The van der Waals surface area contributed by atoms with Crippen LogP contribution in [0.4, 0.5) is 51.2 Å². The molecule has 15 rings (SSSR count). The summed E-state index contributed by atoms with van der Waals surface area (Å²) in [5.74, 6) is 0. The average Bonchev–Trinajstić information content (AvgIpc) is 4.16. The van der Waals surface area contributed by atoms with Gasteiger partial charge in [-0.1, -0.05) is 175 Å². The second-order valence-electron chi connectivity index (χ2n) is 23.4. The highest BCUT2D eigenvalue weighted by Gasteiger charge is 2.44. The topological polar surface area (TPSA) is 27.8 Å². The van der Waals surface area contributed by atoms with Gasteiger partial charge in [-0.3, -0.25) is 0 Å². The van der Waals surface area contributed by atoms with Crippen molar-refractivity contribution in [3.63, 3.8) is 0 Å². The number of para-hydroxylation sites is 4. The number of anilines is 9. The lowest BCUT2D eigenvalue weighted by atomic mass is 9.33. The average molecular weight is 1010 g/mol. The van der Waals surface area contributed by atoms with E-state index in [1.54, 1.807) is 0 Å². The maximum Gasteiger partial charge on any atom is 0.252 e. The van der Waals surface area contributed by atoms with E-state index >= 15 is 0 Å². The summed E-state index contributed by atoms with van der Waals surface area (Å²) in [5, 5.41) is 7.01. The molecule has 0 amide bonds. The van der Waals surface area contributed by atoms with Gasteiger partial charge in [-0.25, -0.2) is 0 Å². The van der Waals surface area contributed by atoms with Crippen molar-refractivity contribution in [2.24, 2.45) is 0 Å². The number of rotatable bonds is 6. The van der Waals surface area contributed by atoms with Gasteiger partial charge in [0.2, 0.25) is 0 Å². The van der Waals surface area contributed by atoms with Crippen LogP contribution in [-0.4, -0.2) is 11.3 Å². The molecule has 0 fully saturated rings. The Morgan fingerprint density at radius 1 is 0.385 bits per heavy atom. The van der Waals surface area contributed by atoms with Gasteiger partial charge in [-0.15, -0.1) is 0 Å². The van der Waals surface area contributed by atoms with Crippen molar-refractivity contribution in [3.05, 3.63) is 248 Å². The van der Waals surface area contributed by atoms with Crippen LogP contribution in [0.3, 0.4) is 0 Å². The number of fused-ring (bicyclic) bond motifs is 11. The van der Waals surface area contributed by atoms with Gasteiger partial charge in [0.1, 0.15) is 5.58 Å². The van der Waals surface area contributed by atoms with E-state index in [-0.39, 0.29) is 17.5 Å². The van der Waals surface area contributed by atoms with Crippen molar-refractivity contribution in [1.29, 1.82) is 0 Å². The fraction of sp³-hybridized carbons (Fsp3) is 0.111. The van der Waals surface area contributed by atoms with Crippen LogP contribution in [0.5, 0.6) is 0 Å². The first-order chi connectivity index (χ1) is 38.0. The molecule has 5 nitrogen and oxygen atoms in total. The van der Waals surface area contributed by atoms with E-state index in [9.17, 15) is 0 Å². The van der Waals surface area contributed by atoms with Crippen LogP contribution in [0.1, 0.15) is 52.7 Å². The number of furan rings is 1. The minimum atomic E-state index is -0.120. The van der Waals surface area contributed by atoms with Gasteiger partial charge in [0.25, 0.3) is 6.71 Å². The second-order valence-corrected chi connectivity index (χ2v) is 23.4. The van der Waals surface area contributed by atoms with Crippen LogP contribution in [0.25, 0.3) is 60.2 Å². The van der Waals surface area contributed by atoms with E-state index in [2.05, 4.69) is 297 Å². The quantitative estimate of drug-likeness (QED) is 0.155. The molecule has 6 heteroatoms. The molecule has 0 spiro atoms. The molecule has 0 atom stereocenters. The monoisotopic (exact) mass is 1000 g/mol. The van der Waals surface area contributed by atoms with Gasteiger partial charge in [-0.2, -0.15) is 0 Å². The Morgan fingerprint density at radius 3 is 1.67 bits per heavy atom. The number of hydrogen-bond donors (Lipinski definition) is 0. The number of hydrogen-bond acceptors (Lipinski definition) is 4. The molecule has 78 heavy (non-hydrogen) atoms. The lowest BCUT2D eigenvalue weighted by Crippen LogP contribution is -2.61. The summed E-state index contributed by atoms with van der Waals surface area (Å²) in [6.07, 6.45) is 0. The predicted molar refractivity (Wildman–Crippen MR) is 332 cm³/mol. The molecule has 0 N–H and O–H groups in total. The molecule has 0 unspecified atom stereocenters. The maximum atomic E-state index is 6.89. The molecule has 2 aromatic heterocycles. The van der Waals surface area contributed by atoms with Crippen molar-refractivity contribution < 1.29 is 4.42 Å². The van der Waals surface area contributed by atoms with Crippen molar-refractivity contribution in [2.45, 2.75) is 52.4 Å². The van der Waals surface area contributed by atoms with Gasteiger partial charge in [0.05, 0.1) is 16.7 Å². The van der Waals surface area contributed by atoms with Crippen molar-refractivity contribution in [1.82, 2.24) is 4.57 Å². The minimum absolute atomic E-state index is 0.00876. The van der Waals surface area contributed by atoms with Gasteiger partial charge in [0, 0.05) is 72.7 Å². The molecule has 0 bridgehead atoms. The van der Waals surface area contributed by atoms with Crippen LogP contribution in [0.15, 0.2) is 241 Å². The molecular formula is C72H57BN4O. The summed E-state index contributed by atoms with van der Waals surface area (Å²) in [6.45, 7) is 13.6. The molecule has 0 saturated carbocycles. The van der Waals surface area contributed by atoms with Gasteiger partial charge < -0.3 is 23.7 Å². The molecule has 374 valence electrons.